The predicted molar refractivity (Wildman–Crippen MR) is 122 cm³/mol. The minimum atomic E-state index is -0.401. The number of rotatable bonds is 5. The fourth-order valence-corrected chi connectivity index (χ4v) is 4.56. The van der Waals surface area contributed by atoms with Gasteiger partial charge in [-0.1, -0.05) is 54.9 Å². The van der Waals surface area contributed by atoms with Gasteiger partial charge in [-0.15, -0.1) is 11.3 Å². The Morgan fingerprint density at radius 2 is 2.03 bits per heavy atom. The molecule has 0 amide bonds. The molecule has 1 aromatic carbocycles. The molecule has 0 saturated carbocycles. The number of thiazole rings is 1. The van der Waals surface area contributed by atoms with Crippen LogP contribution < -0.4 is 15.2 Å². The van der Waals surface area contributed by atoms with Gasteiger partial charge in [0.25, 0.3) is 5.65 Å². The van der Waals surface area contributed by atoms with Crippen molar-refractivity contribution in [3.05, 3.63) is 80.4 Å². The third-order valence-corrected chi connectivity index (χ3v) is 6.29. The van der Waals surface area contributed by atoms with E-state index >= 15 is 0 Å². The fourth-order valence-electron chi connectivity index (χ4n) is 3.59. The van der Waals surface area contributed by atoms with Gasteiger partial charge in [0.15, 0.2) is 4.47 Å². The van der Waals surface area contributed by atoms with Gasteiger partial charge in [-0.3, -0.25) is 0 Å². The summed E-state index contributed by atoms with van der Waals surface area (Å²) in [4.78, 5) is 22.7. The van der Waals surface area contributed by atoms with E-state index in [4.69, 9.17) is 16.1 Å². The second-order valence-electron chi connectivity index (χ2n) is 7.77. The molecule has 0 spiro atoms. The first-order valence-electron chi connectivity index (χ1n) is 10.2. The number of benzene rings is 1. The number of aromatic nitrogens is 5. The van der Waals surface area contributed by atoms with Crippen LogP contribution in [0, 0.1) is 0 Å². The number of pyridine rings is 1. The molecule has 0 aliphatic rings. The Morgan fingerprint density at radius 3 is 2.76 bits per heavy atom. The quantitative estimate of drug-likeness (QED) is 0.357. The Labute approximate surface area is 197 Å². The SMILES string of the molecule is CC(C)c1nc(-c2cccc(-c3c([O-])[n+](Cc4cnc(Cl)s4)c4ccccn4c3=O)c2)no1. The standard InChI is InChI=1S/C23H18ClN5O3S/c1-13(2)20-26-19(27-32-20)15-7-5-6-14(10-15)18-21(30)28-9-4-3-8-17(28)29(22(18)31)12-16-11-25-23(24)33-16/h3-11,13H,12H2,1-2H3. The van der Waals surface area contributed by atoms with Gasteiger partial charge >= 0.3 is 5.56 Å². The smallest absolute Gasteiger partial charge is 0.349 e. The van der Waals surface area contributed by atoms with Crippen LogP contribution in [0.3, 0.4) is 0 Å². The van der Waals surface area contributed by atoms with E-state index in [1.54, 1.807) is 53.4 Å². The molecule has 33 heavy (non-hydrogen) atoms. The van der Waals surface area contributed by atoms with Crippen molar-refractivity contribution in [1.82, 2.24) is 19.5 Å². The van der Waals surface area contributed by atoms with Gasteiger partial charge in [0.2, 0.25) is 11.7 Å². The number of hydrogen-bond acceptors (Lipinski definition) is 7. The maximum atomic E-state index is 13.6. The second kappa shape index (κ2) is 8.42. The van der Waals surface area contributed by atoms with Crippen molar-refractivity contribution in [2.75, 3.05) is 0 Å². The molecule has 0 aliphatic carbocycles. The molecular formula is C23H18ClN5O3S. The average Bonchev–Trinajstić information content (AvgIpc) is 3.46. The summed E-state index contributed by atoms with van der Waals surface area (Å²) >= 11 is 7.27. The summed E-state index contributed by atoms with van der Waals surface area (Å²) in [6, 6.07) is 12.3. The van der Waals surface area contributed by atoms with Crippen molar-refractivity contribution in [3.8, 4) is 28.4 Å². The first-order chi connectivity index (χ1) is 15.9. The zero-order valence-electron chi connectivity index (χ0n) is 17.7. The van der Waals surface area contributed by atoms with Gasteiger partial charge in [-0.25, -0.2) is 14.3 Å². The van der Waals surface area contributed by atoms with Crippen LogP contribution in [-0.4, -0.2) is 19.5 Å². The molecule has 0 radical (unpaired) electrons. The van der Waals surface area contributed by atoms with Gasteiger partial charge in [0.05, 0.1) is 17.0 Å². The third kappa shape index (κ3) is 3.90. The largest absolute Gasteiger partial charge is 0.842 e. The maximum absolute atomic E-state index is 13.6. The molecule has 0 aliphatic heterocycles. The monoisotopic (exact) mass is 479 g/mol. The topological polar surface area (TPSA) is 100 Å². The zero-order valence-corrected chi connectivity index (χ0v) is 19.3. The van der Waals surface area contributed by atoms with Crippen molar-refractivity contribution < 1.29 is 14.2 Å². The Bertz CT molecular complexity index is 1540. The molecule has 0 N–H and O–H groups in total. The number of hydrogen-bond donors (Lipinski definition) is 0. The summed E-state index contributed by atoms with van der Waals surface area (Å²) in [5, 5.41) is 17.6. The van der Waals surface area contributed by atoms with Crippen LogP contribution in [0.4, 0.5) is 0 Å². The molecule has 10 heteroatoms. The molecule has 5 aromatic rings. The van der Waals surface area contributed by atoms with Gasteiger partial charge in [0.1, 0.15) is 12.1 Å². The fraction of sp³-hybridized carbons (Fsp3) is 0.174. The second-order valence-corrected chi connectivity index (χ2v) is 9.47. The van der Waals surface area contributed by atoms with E-state index in [9.17, 15) is 9.90 Å². The first kappa shape index (κ1) is 21.3. The van der Waals surface area contributed by atoms with E-state index in [2.05, 4.69) is 15.1 Å². The summed E-state index contributed by atoms with van der Waals surface area (Å²) in [6.45, 7) is 4.16. The first-order valence-corrected chi connectivity index (χ1v) is 11.4. The lowest BCUT2D eigenvalue weighted by Crippen LogP contribution is -2.44. The minimum Gasteiger partial charge on any atom is -0.842 e. The lowest BCUT2D eigenvalue weighted by molar-refractivity contribution is -0.707. The van der Waals surface area contributed by atoms with Crippen molar-refractivity contribution >= 4 is 28.6 Å². The van der Waals surface area contributed by atoms with Crippen LogP contribution >= 0.6 is 22.9 Å². The van der Waals surface area contributed by atoms with Crippen LogP contribution in [0.15, 0.2) is 64.2 Å². The lowest BCUT2D eigenvalue weighted by atomic mass is 10.0. The molecule has 0 unspecified atom stereocenters. The highest BCUT2D eigenvalue weighted by Crippen LogP contribution is 2.27. The Kier molecular flexibility index (Phi) is 5.43. The Balaban J connectivity index is 1.69. The van der Waals surface area contributed by atoms with Gasteiger partial charge in [0, 0.05) is 23.7 Å². The molecule has 5 rings (SSSR count). The van der Waals surface area contributed by atoms with Crippen LogP contribution in [-0.2, 0) is 6.54 Å². The highest BCUT2D eigenvalue weighted by atomic mass is 35.5. The highest BCUT2D eigenvalue weighted by molar-refractivity contribution is 7.15. The predicted octanol–water partition coefficient (Wildman–Crippen LogP) is 3.66. The molecule has 0 bridgehead atoms. The molecule has 4 heterocycles. The lowest BCUT2D eigenvalue weighted by Gasteiger charge is -2.16. The number of halogens is 1. The molecule has 0 fully saturated rings. The highest BCUT2D eigenvalue weighted by Gasteiger charge is 2.21. The normalized spacial score (nSPS) is 11.5. The zero-order chi connectivity index (χ0) is 23.1. The Hall–Kier alpha value is -3.56. The summed E-state index contributed by atoms with van der Waals surface area (Å²) < 4.78 is 8.73. The van der Waals surface area contributed by atoms with E-state index in [-0.39, 0.29) is 18.0 Å². The molecule has 8 nitrogen and oxygen atoms in total. The van der Waals surface area contributed by atoms with E-state index in [1.807, 2.05) is 19.9 Å². The molecule has 0 saturated heterocycles. The van der Waals surface area contributed by atoms with Gasteiger partial charge < -0.3 is 9.63 Å². The third-order valence-electron chi connectivity index (χ3n) is 5.19. The van der Waals surface area contributed by atoms with Crippen LogP contribution in [0.5, 0.6) is 5.88 Å². The van der Waals surface area contributed by atoms with Gasteiger partial charge in [-0.05, 0) is 17.7 Å². The molecule has 0 atom stereocenters. The van der Waals surface area contributed by atoms with E-state index in [1.165, 1.54) is 15.7 Å². The van der Waals surface area contributed by atoms with Crippen molar-refractivity contribution in [2.24, 2.45) is 0 Å². The van der Waals surface area contributed by atoms with E-state index in [0.29, 0.717) is 33.0 Å². The summed E-state index contributed by atoms with van der Waals surface area (Å²) in [5.41, 5.74) is 1.27. The summed E-state index contributed by atoms with van der Waals surface area (Å²) in [7, 11) is 0. The molecule has 166 valence electrons. The van der Waals surface area contributed by atoms with Crippen LogP contribution in [0.1, 0.15) is 30.5 Å². The van der Waals surface area contributed by atoms with Crippen molar-refractivity contribution in [2.45, 2.75) is 26.3 Å². The minimum absolute atomic E-state index is 0.0590. The van der Waals surface area contributed by atoms with E-state index in [0.717, 1.165) is 4.88 Å². The molecule has 4 aromatic heterocycles. The average molecular weight is 480 g/mol. The summed E-state index contributed by atoms with van der Waals surface area (Å²) in [6.07, 6.45) is 3.28. The summed E-state index contributed by atoms with van der Waals surface area (Å²) in [5.74, 6) is 0.615. The van der Waals surface area contributed by atoms with Gasteiger partial charge in [-0.2, -0.15) is 9.38 Å². The number of fused-ring (bicyclic) bond motifs is 1. The number of nitrogens with zero attached hydrogens (tertiary/aromatic N) is 5. The maximum Gasteiger partial charge on any atom is 0.349 e. The Morgan fingerprint density at radius 1 is 1.21 bits per heavy atom. The van der Waals surface area contributed by atoms with Crippen LogP contribution in [0.2, 0.25) is 4.47 Å². The van der Waals surface area contributed by atoms with Crippen molar-refractivity contribution in [1.29, 1.82) is 0 Å². The van der Waals surface area contributed by atoms with E-state index < -0.39 is 11.4 Å². The molecular weight excluding hydrogens is 462 g/mol. The van der Waals surface area contributed by atoms with Crippen LogP contribution in [0.25, 0.3) is 28.2 Å². The van der Waals surface area contributed by atoms with Crippen molar-refractivity contribution in [3.63, 3.8) is 0 Å².